The van der Waals surface area contributed by atoms with Gasteiger partial charge in [-0.25, -0.2) is 4.79 Å². The molecule has 2 aliphatic rings. The highest BCUT2D eigenvalue weighted by atomic mass is 35.5. The van der Waals surface area contributed by atoms with Crippen LogP contribution in [0.5, 0.6) is 0 Å². The maximum Gasteiger partial charge on any atom is 0.335 e. The van der Waals surface area contributed by atoms with Crippen molar-refractivity contribution >= 4 is 34.7 Å². The van der Waals surface area contributed by atoms with E-state index in [-0.39, 0.29) is 12.1 Å². The molecule has 22 heavy (non-hydrogen) atoms. The fourth-order valence-electron chi connectivity index (χ4n) is 3.53. The lowest BCUT2D eigenvalue weighted by atomic mass is 9.88. The second-order valence-electron chi connectivity index (χ2n) is 5.78. The topological polar surface area (TPSA) is 49.8 Å². The first kappa shape index (κ1) is 15.8. The van der Waals surface area contributed by atoms with E-state index in [0.29, 0.717) is 28.5 Å². The van der Waals surface area contributed by atoms with Gasteiger partial charge in [-0.05, 0) is 43.2 Å². The van der Waals surface area contributed by atoms with Gasteiger partial charge in [0.25, 0.3) is 0 Å². The van der Waals surface area contributed by atoms with Gasteiger partial charge in [0, 0.05) is 6.04 Å². The highest BCUT2D eigenvalue weighted by Gasteiger charge is 2.47. The summed E-state index contributed by atoms with van der Waals surface area (Å²) in [5, 5.41) is 11.2. The summed E-state index contributed by atoms with van der Waals surface area (Å²) in [6, 6.07) is 5.20. The third-order valence-electron chi connectivity index (χ3n) is 4.63. The van der Waals surface area contributed by atoms with Crippen LogP contribution in [0.4, 0.5) is 0 Å². The summed E-state index contributed by atoms with van der Waals surface area (Å²) in [6.07, 6.45) is 0.753. The van der Waals surface area contributed by atoms with Crippen LogP contribution >= 0.6 is 23.2 Å². The van der Waals surface area contributed by atoms with Gasteiger partial charge in [-0.2, -0.15) is 0 Å². The zero-order chi connectivity index (χ0) is 16.0. The summed E-state index contributed by atoms with van der Waals surface area (Å²) in [4.78, 5) is 14.4. The van der Waals surface area contributed by atoms with E-state index in [2.05, 4.69) is 4.90 Å². The minimum Gasteiger partial charge on any atom is -0.466 e. The number of rotatable bonds is 2. The Balaban J connectivity index is 2.16. The van der Waals surface area contributed by atoms with E-state index < -0.39 is 12.1 Å². The molecule has 1 aromatic rings. The lowest BCUT2D eigenvalue weighted by Crippen LogP contribution is -2.43. The van der Waals surface area contributed by atoms with E-state index in [0.717, 1.165) is 11.1 Å². The number of aliphatic hydroxyl groups is 1. The number of likely N-dealkylation sites (N-methyl/N-ethyl adjacent to an activating group) is 1. The zero-order valence-corrected chi connectivity index (χ0v) is 13.9. The molecule has 1 aromatic carbocycles. The number of aliphatic hydroxyl groups excluding tert-OH is 1. The van der Waals surface area contributed by atoms with Crippen molar-refractivity contribution in [1.82, 2.24) is 4.90 Å². The summed E-state index contributed by atoms with van der Waals surface area (Å²) >= 11 is 12.1. The van der Waals surface area contributed by atoms with E-state index in [4.69, 9.17) is 27.9 Å². The highest BCUT2D eigenvalue weighted by Crippen LogP contribution is 2.43. The van der Waals surface area contributed by atoms with E-state index in [9.17, 15) is 9.90 Å². The fraction of sp³-hybridized carbons (Fsp3) is 0.438. The Labute approximate surface area is 139 Å². The average Bonchev–Trinajstić information content (AvgIpc) is 2.68. The van der Waals surface area contributed by atoms with E-state index >= 15 is 0 Å². The highest BCUT2D eigenvalue weighted by molar-refractivity contribution is 6.42. The maximum atomic E-state index is 12.3. The van der Waals surface area contributed by atoms with E-state index in [1.54, 1.807) is 12.1 Å². The van der Waals surface area contributed by atoms with Gasteiger partial charge in [-0.3, -0.25) is 4.90 Å². The number of halogens is 2. The molecular formula is C16H17Cl2NO3. The molecule has 0 amide bonds. The van der Waals surface area contributed by atoms with Crippen molar-refractivity contribution in [1.29, 1.82) is 0 Å². The van der Waals surface area contributed by atoms with Gasteiger partial charge < -0.3 is 9.84 Å². The molecule has 1 saturated heterocycles. The molecule has 0 radical (unpaired) electrons. The number of hydrogen-bond donors (Lipinski definition) is 1. The Morgan fingerprint density at radius 3 is 2.73 bits per heavy atom. The van der Waals surface area contributed by atoms with Crippen LogP contribution in [0.1, 0.15) is 18.4 Å². The summed E-state index contributed by atoms with van der Waals surface area (Å²) < 4.78 is 4.95. The molecule has 118 valence electrons. The standard InChI is InChI=1S/C16H17Cl2NO3/c1-19-9-6-10(8-3-4-11(17)12(18)5-8)14(16(21)22-2)15(19)13(20)7-9/h3-5,9,13,15,20H,6-7H2,1-2H3/t9-,13-,15-/m0/s1. The molecule has 2 heterocycles. The Hall–Kier alpha value is -1.07. The van der Waals surface area contributed by atoms with Crippen molar-refractivity contribution in [3.63, 3.8) is 0 Å². The SMILES string of the molecule is COC(=O)C1=C(c2ccc(Cl)c(Cl)c2)C[C@H]2C[C@H](O)[C@@H]1N2C. The number of benzene rings is 1. The fourth-order valence-corrected chi connectivity index (χ4v) is 3.83. The Morgan fingerprint density at radius 1 is 1.36 bits per heavy atom. The Kier molecular flexibility index (Phi) is 4.21. The molecule has 0 aliphatic carbocycles. The molecule has 3 atom stereocenters. The van der Waals surface area contributed by atoms with Crippen molar-refractivity contribution in [2.24, 2.45) is 0 Å². The van der Waals surface area contributed by atoms with Crippen LogP contribution in [0, 0.1) is 0 Å². The van der Waals surface area contributed by atoms with Crippen LogP contribution in [0.2, 0.25) is 10.0 Å². The number of carbonyl (C=O) groups excluding carboxylic acids is 1. The van der Waals surface area contributed by atoms with Crippen LogP contribution in [0.15, 0.2) is 23.8 Å². The van der Waals surface area contributed by atoms with Crippen molar-refractivity contribution < 1.29 is 14.6 Å². The quantitative estimate of drug-likeness (QED) is 0.840. The number of hydrogen-bond acceptors (Lipinski definition) is 4. The first-order chi connectivity index (χ1) is 10.4. The second-order valence-corrected chi connectivity index (χ2v) is 6.60. The van der Waals surface area contributed by atoms with Crippen LogP contribution in [-0.2, 0) is 9.53 Å². The van der Waals surface area contributed by atoms with Crippen molar-refractivity contribution in [2.75, 3.05) is 14.2 Å². The lowest BCUT2D eigenvalue weighted by molar-refractivity contribution is -0.137. The minimum absolute atomic E-state index is 0.206. The predicted molar refractivity (Wildman–Crippen MR) is 86.0 cm³/mol. The minimum atomic E-state index is -0.565. The average molecular weight is 342 g/mol. The molecule has 4 nitrogen and oxygen atoms in total. The number of nitrogens with zero attached hydrogens (tertiary/aromatic N) is 1. The third-order valence-corrected chi connectivity index (χ3v) is 5.37. The first-order valence-electron chi connectivity index (χ1n) is 7.10. The maximum absolute atomic E-state index is 12.3. The van der Waals surface area contributed by atoms with Gasteiger partial charge in [-0.15, -0.1) is 0 Å². The molecule has 0 saturated carbocycles. The zero-order valence-electron chi connectivity index (χ0n) is 12.3. The molecule has 1 fully saturated rings. The Morgan fingerprint density at radius 2 is 2.09 bits per heavy atom. The number of fused-ring (bicyclic) bond motifs is 2. The van der Waals surface area contributed by atoms with Crippen LogP contribution in [0.25, 0.3) is 5.57 Å². The molecule has 0 spiro atoms. The lowest BCUT2D eigenvalue weighted by Gasteiger charge is -2.34. The molecule has 0 aromatic heterocycles. The van der Waals surface area contributed by atoms with Gasteiger partial charge in [-0.1, -0.05) is 29.3 Å². The number of carbonyl (C=O) groups is 1. The number of esters is 1. The summed E-state index contributed by atoms with van der Waals surface area (Å²) in [5.74, 6) is -0.405. The number of methoxy groups -OCH3 is 1. The van der Waals surface area contributed by atoms with Gasteiger partial charge in [0.1, 0.15) is 0 Å². The van der Waals surface area contributed by atoms with E-state index in [1.807, 2.05) is 13.1 Å². The monoisotopic (exact) mass is 341 g/mol. The first-order valence-corrected chi connectivity index (χ1v) is 7.86. The van der Waals surface area contributed by atoms with Gasteiger partial charge in [0.05, 0.1) is 34.9 Å². The summed E-state index contributed by atoms with van der Waals surface area (Å²) in [6.45, 7) is 0. The molecule has 6 heteroatoms. The third kappa shape index (κ3) is 2.44. The summed E-state index contributed by atoms with van der Waals surface area (Å²) in [7, 11) is 3.29. The molecule has 0 unspecified atom stereocenters. The molecule has 3 rings (SSSR count). The van der Waals surface area contributed by atoms with Crippen molar-refractivity contribution in [2.45, 2.75) is 31.0 Å². The van der Waals surface area contributed by atoms with Gasteiger partial charge in [0.2, 0.25) is 0 Å². The second kappa shape index (κ2) is 5.85. The Bertz CT molecular complexity index is 659. The molecular weight excluding hydrogens is 325 g/mol. The molecule has 2 bridgehead atoms. The van der Waals surface area contributed by atoms with Gasteiger partial charge in [0.15, 0.2) is 0 Å². The molecule has 1 N–H and O–H groups in total. The number of ether oxygens (including phenoxy) is 1. The van der Waals surface area contributed by atoms with Crippen LogP contribution in [0.3, 0.4) is 0 Å². The van der Waals surface area contributed by atoms with Crippen LogP contribution in [-0.4, -0.2) is 48.3 Å². The normalized spacial score (nSPS) is 28.1. The smallest absolute Gasteiger partial charge is 0.335 e. The summed E-state index contributed by atoms with van der Waals surface area (Å²) in [5.41, 5.74) is 2.26. The van der Waals surface area contributed by atoms with Crippen molar-refractivity contribution in [3.8, 4) is 0 Å². The largest absolute Gasteiger partial charge is 0.466 e. The van der Waals surface area contributed by atoms with Crippen LogP contribution < -0.4 is 0 Å². The van der Waals surface area contributed by atoms with Crippen molar-refractivity contribution in [3.05, 3.63) is 39.4 Å². The molecule has 2 aliphatic heterocycles. The van der Waals surface area contributed by atoms with Gasteiger partial charge >= 0.3 is 5.97 Å². The van der Waals surface area contributed by atoms with E-state index in [1.165, 1.54) is 7.11 Å². The predicted octanol–water partition coefficient (Wildman–Crippen LogP) is 2.76.